The molecule has 5 nitrogen and oxygen atoms in total. The van der Waals surface area contributed by atoms with Gasteiger partial charge in [-0.05, 0) is 12.1 Å². The summed E-state index contributed by atoms with van der Waals surface area (Å²) in [5, 5.41) is 1.11. The van der Waals surface area contributed by atoms with Crippen molar-refractivity contribution in [1.29, 1.82) is 0 Å². The molecule has 0 aromatic carbocycles. The number of aromatic nitrogens is 1. The molecule has 1 amide bonds. The average molecular weight is 349 g/mol. The molecule has 0 aliphatic carbocycles. The van der Waals surface area contributed by atoms with Gasteiger partial charge < -0.3 is 9.80 Å². The lowest BCUT2D eigenvalue weighted by Crippen LogP contribution is -2.48. The van der Waals surface area contributed by atoms with Crippen LogP contribution in [0.1, 0.15) is 20.3 Å². The maximum absolute atomic E-state index is 12.5. The number of rotatable bonds is 4. The maximum Gasteiger partial charge on any atom is 0.223 e. The van der Waals surface area contributed by atoms with Crippen LogP contribution in [0.25, 0.3) is 0 Å². The first-order valence-corrected chi connectivity index (χ1v) is 9.87. The normalized spacial score (nSPS) is 25.8. The van der Waals surface area contributed by atoms with Crippen molar-refractivity contribution in [1.82, 2.24) is 14.8 Å². The molecule has 2 aliphatic heterocycles. The minimum atomic E-state index is 0.321. The summed E-state index contributed by atoms with van der Waals surface area (Å²) >= 11 is 1.99. The van der Waals surface area contributed by atoms with Crippen molar-refractivity contribution in [2.75, 3.05) is 50.7 Å². The number of nitrogens with zero attached hydrogens (tertiary/aromatic N) is 4. The Balaban J connectivity index is 1.41. The number of carbonyl (C=O) groups excluding carboxylic acids is 1. The zero-order valence-corrected chi connectivity index (χ0v) is 15.5. The fourth-order valence-corrected chi connectivity index (χ4v) is 4.86. The van der Waals surface area contributed by atoms with Crippen molar-refractivity contribution in [2.24, 2.45) is 0 Å². The van der Waals surface area contributed by atoms with Crippen LogP contribution in [0.3, 0.4) is 0 Å². The molecule has 1 aromatic rings. The molecule has 0 saturated carbocycles. The van der Waals surface area contributed by atoms with Gasteiger partial charge in [-0.2, -0.15) is 11.8 Å². The van der Waals surface area contributed by atoms with E-state index in [-0.39, 0.29) is 0 Å². The van der Waals surface area contributed by atoms with Crippen molar-refractivity contribution >= 4 is 23.5 Å². The molecular formula is C18H28N4OS. The molecule has 24 heavy (non-hydrogen) atoms. The van der Waals surface area contributed by atoms with Crippen LogP contribution in [0, 0.1) is 0 Å². The molecule has 2 atom stereocenters. The highest BCUT2D eigenvalue weighted by atomic mass is 32.2. The molecule has 0 spiro atoms. The van der Waals surface area contributed by atoms with E-state index in [1.807, 2.05) is 30.1 Å². The second-order valence-electron chi connectivity index (χ2n) is 6.82. The van der Waals surface area contributed by atoms with Crippen molar-refractivity contribution in [3.05, 3.63) is 24.4 Å². The first-order valence-electron chi connectivity index (χ1n) is 8.93. The van der Waals surface area contributed by atoms with Gasteiger partial charge >= 0.3 is 0 Å². The van der Waals surface area contributed by atoms with Gasteiger partial charge in [-0.15, -0.1) is 0 Å². The monoisotopic (exact) mass is 348 g/mol. The van der Waals surface area contributed by atoms with Gasteiger partial charge in [0.2, 0.25) is 5.91 Å². The first kappa shape index (κ1) is 17.5. The van der Waals surface area contributed by atoms with Gasteiger partial charge in [0.15, 0.2) is 0 Å². The van der Waals surface area contributed by atoms with Crippen molar-refractivity contribution in [3.8, 4) is 0 Å². The summed E-state index contributed by atoms with van der Waals surface area (Å²) in [6.07, 6.45) is 2.49. The molecule has 3 rings (SSSR count). The smallest absolute Gasteiger partial charge is 0.223 e. The Morgan fingerprint density at radius 3 is 2.50 bits per heavy atom. The van der Waals surface area contributed by atoms with E-state index in [0.717, 1.165) is 51.6 Å². The standard InChI is InChI=1S/C18H28N4OS/c1-15-13-22(14-16(2)24-15)18(23)6-8-20-9-11-21(12-10-20)17-5-3-4-7-19-17/h3-5,7,15-16H,6,8-14H2,1-2H3/t15-,16-/m0/s1. The van der Waals surface area contributed by atoms with E-state index in [1.54, 1.807) is 0 Å². The number of piperazine rings is 1. The number of anilines is 1. The Morgan fingerprint density at radius 2 is 1.88 bits per heavy atom. The topological polar surface area (TPSA) is 39.7 Å². The lowest BCUT2D eigenvalue weighted by molar-refractivity contribution is -0.131. The number of pyridine rings is 1. The predicted octanol–water partition coefficient (Wildman–Crippen LogP) is 1.95. The van der Waals surface area contributed by atoms with Gasteiger partial charge in [0.1, 0.15) is 5.82 Å². The molecule has 3 heterocycles. The van der Waals surface area contributed by atoms with E-state index in [0.29, 0.717) is 22.8 Å². The number of hydrogen-bond acceptors (Lipinski definition) is 5. The van der Waals surface area contributed by atoms with Gasteiger partial charge in [0.05, 0.1) is 0 Å². The van der Waals surface area contributed by atoms with E-state index < -0.39 is 0 Å². The Bertz CT molecular complexity index is 523. The Hall–Kier alpha value is -1.27. The van der Waals surface area contributed by atoms with Gasteiger partial charge in [-0.3, -0.25) is 9.69 Å². The number of carbonyl (C=O) groups is 1. The van der Waals surface area contributed by atoms with Gasteiger partial charge in [0, 0.05) is 68.9 Å². The molecule has 2 aliphatic rings. The third kappa shape index (κ3) is 4.63. The number of hydrogen-bond donors (Lipinski definition) is 0. The van der Waals surface area contributed by atoms with Crippen LogP contribution in [0.2, 0.25) is 0 Å². The highest BCUT2D eigenvalue weighted by Gasteiger charge is 2.26. The third-order valence-electron chi connectivity index (χ3n) is 4.76. The Labute approximate surface area is 149 Å². The van der Waals surface area contributed by atoms with Crippen molar-refractivity contribution in [2.45, 2.75) is 30.8 Å². The van der Waals surface area contributed by atoms with Crippen LogP contribution in [-0.2, 0) is 4.79 Å². The van der Waals surface area contributed by atoms with Gasteiger partial charge in [-0.1, -0.05) is 19.9 Å². The number of amides is 1. The summed E-state index contributed by atoms with van der Waals surface area (Å²) in [7, 11) is 0. The Morgan fingerprint density at radius 1 is 1.17 bits per heavy atom. The van der Waals surface area contributed by atoms with Crippen molar-refractivity contribution in [3.63, 3.8) is 0 Å². The molecule has 6 heteroatoms. The van der Waals surface area contributed by atoms with Crippen LogP contribution < -0.4 is 4.90 Å². The molecule has 132 valence electrons. The third-order valence-corrected chi connectivity index (χ3v) is 5.99. The van der Waals surface area contributed by atoms with E-state index in [4.69, 9.17) is 0 Å². The fraction of sp³-hybridized carbons (Fsp3) is 0.667. The zero-order chi connectivity index (χ0) is 16.9. The highest BCUT2D eigenvalue weighted by Crippen LogP contribution is 2.25. The van der Waals surface area contributed by atoms with Crippen LogP contribution >= 0.6 is 11.8 Å². The summed E-state index contributed by atoms with van der Waals surface area (Å²) in [6, 6.07) is 6.05. The van der Waals surface area contributed by atoms with Crippen LogP contribution in [0.15, 0.2) is 24.4 Å². The molecule has 0 bridgehead atoms. The molecule has 0 N–H and O–H groups in total. The minimum Gasteiger partial charge on any atom is -0.354 e. The predicted molar refractivity (Wildman–Crippen MR) is 101 cm³/mol. The summed E-state index contributed by atoms with van der Waals surface area (Å²) in [6.45, 7) is 11.1. The first-order chi connectivity index (χ1) is 11.6. The van der Waals surface area contributed by atoms with Gasteiger partial charge in [0.25, 0.3) is 0 Å². The van der Waals surface area contributed by atoms with E-state index in [2.05, 4.69) is 39.6 Å². The van der Waals surface area contributed by atoms with Gasteiger partial charge in [-0.25, -0.2) is 4.98 Å². The van der Waals surface area contributed by atoms with E-state index in [1.165, 1.54) is 0 Å². The van der Waals surface area contributed by atoms with Crippen LogP contribution in [0.5, 0.6) is 0 Å². The van der Waals surface area contributed by atoms with E-state index >= 15 is 0 Å². The fourth-order valence-electron chi connectivity index (χ4n) is 3.53. The Kier molecular flexibility index (Phi) is 6.00. The summed E-state index contributed by atoms with van der Waals surface area (Å²) in [5.74, 6) is 1.38. The molecule has 1 aromatic heterocycles. The average Bonchev–Trinajstić information content (AvgIpc) is 2.60. The molecule has 0 radical (unpaired) electrons. The summed E-state index contributed by atoms with van der Waals surface area (Å²) < 4.78 is 0. The summed E-state index contributed by atoms with van der Waals surface area (Å²) in [4.78, 5) is 23.7. The largest absolute Gasteiger partial charge is 0.354 e. The summed E-state index contributed by atoms with van der Waals surface area (Å²) in [5.41, 5.74) is 0. The van der Waals surface area contributed by atoms with E-state index in [9.17, 15) is 4.79 Å². The SMILES string of the molecule is C[C@H]1CN(C(=O)CCN2CCN(c3ccccn3)CC2)C[C@H](C)S1. The van der Waals surface area contributed by atoms with Crippen molar-refractivity contribution < 1.29 is 4.79 Å². The van der Waals surface area contributed by atoms with Crippen LogP contribution in [-0.4, -0.2) is 77.0 Å². The second-order valence-corrected chi connectivity index (χ2v) is 8.70. The lowest BCUT2D eigenvalue weighted by Gasteiger charge is -2.37. The molecule has 2 saturated heterocycles. The second kappa shape index (κ2) is 8.21. The van der Waals surface area contributed by atoms with Crippen LogP contribution in [0.4, 0.5) is 5.82 Å². The minimum absolute atomic E-state index is 0.321. The molecule has 0 unspecified atom stereocenters. The zero-order valence-electron chi connectivity index (χ0n) is 14.7. The highest BCUT2D eigenvalue weighted by molar-refractivity contribution is 8.00. The molecular weight excluding hydrogens is 320 g/mol. The maximum atomic E-state index is 12.5. The number of thioether (sulfide) groups is 1. The quantitative estimate of drug-likeness (QED) is 0.832. The molecule has 2 fully saturated rings. The lowest BCUT2D eigenvalue weighted by atomic mass is 10.2.